The first kappa shape index (κ1) is 40.1. The number of nitrogens with zero attached hydrogens (tertiary/aromatic N) is 7. The van der Waals surface area contributed by atoms with Crippen molar-refractivity contribution < 1.29 is 39.6 Å². The molecular weight excluding hydrogens is 852 g/mol. The highest BCUT2D eigenvalue weighted by atomic mass is 35.5. The van der Waals surface area contributed by atoms with Crippen LogP contribution in [-0.2, 0) is 40.8 Å². The number of hydrogen-bond donors (Lipinski definition) is 2. The topological polar surface area (TPSA) is 159 Å². The predicted molar refractivity (Wildman–Crippen MR) is 211 cm³/mol. The van der Waals surface area contributed by atoms with Gasteiger partial charge >= 0.3 is 0 Å². The summed E-state index contributed by atoms with van der Waals surface area (Å²) in [7, 11) is -2.45. The molecule has 0 saturated heterocycles. The minimum atomic E-state index is -3.91. The summed E-state index contributed by atoms with van der Waals surface area (Å²) in [5, 5.41) is 10.9. The van der Waals surface area contributed by atoms with Crippen molar-refractivity contribution in [1.29, 1.82) is 0 Å². The lowest BCUT2D eigenvalue weighted by atomic mass is 10.0. The summed E-state index contributed by atoms with van der Waals surface area (Å²) in [5.41, 5.74) is -1.19. The molecule has 0 aliphatic heterocycles. The minimum absolute atomic E-state index is 0.00200. The molecule has 314 valence electrons. The number of aryl methyl sites for hydroxylation is 1. The number of benzene rings is 3. The maximum atomic E-state index is 15.5. The number of fused-ring (bicyclic) bond motifs is 5. The third-order valence-corrected chi connectivity index (χ3v) is 11.7. The molecule has 61 heavy (non-hydrogen) atoms. The first-order chi connectivity index (χ1) is 28.9. The number of halogens is 7. The van der Waals surface area contributed by atoms with Gasteiger partial charge in [-0.05, 0) is 65.9 Å². The van der Waals surface area contributed by atoms with Gasteiger partial charge in [0.25, 0.3) is 17.9 Å². The first-order valence-corrected chi connectivity index (χ1v) is 20.8. The summed E-state index contributed by atoms with van der Waals surface area (Å²) in [4.78, 5) is 38.1. The summed E-state index contributed by atoms with van der Waals surface area (Å²) in [6.07, 6.45) is 0.395. The maximum absolute atomic E-state index is 15.5. The number of anilines is 1. The summed E-state index contributed by atoms with van der Waals surface area (Å²) < 4.78 is 119. The standard InChI is InChI=1S/C40H30ClF6N9O4S/c1-54-34-29(8-7-26(41)32(34)37(52-54)53-61(2,59)60)56-38(50-27-13-19(5-6-23(27)39(56)58)20-4-3-9-48-16-20)28(12-18-10-21(42)14-22(43)11-18)49-30(57)17-55-35-31(33(51-55)36(44)45)24-15-25(24)40(35,46)47/h3-11,13-14,16,24-25,28,36H,12,15,17H2,1-2H3,(H,49,57)(H,52,53)/t24-,25+,28-/m0/s1. The highest BCUT2D eigenvalue weighted by Crippen LogP contribution is 2.68. The Labute approximate surface area is 346 Å². The molecule has 4 aromatic heterocycles. The second kappa shape index (κ2) is 14.4. The van der Waals surface area contributed by atoms with Crippen LogP contribution in [0, 0.1) is 17.6 Å². The van der Waals surface area contributed by atoms with E-state index in [1.165, 1.54) is 29.9 Å². The monoisotopic (exact) mass is 881 g/mol. The zero-order valence-corrected chi connectivity index (χ0v) is 33.2. The van der Waals surface area contributed by atoms with Gasteiger partial charge in [0.15, 0.2) is 5.82 Å². The van der Waals surface area contributed by atoms with Crippen molar-refractivity contribution in [1.82, 2.24) is 39.4 Å². The molecule has 1 amide bonds. The third-order valence-electron chi connectivity index (χ3n) is 10.8. The maximum Gasteiger partial charge on any atom is 0.293 e. The Morgan fingerprint density at radius 1 is 1.03 bits per heavy atom. The van der Waals surface area contributed by atoms with E-state index in [2.05, 4.69) is 25.2 Å². The van der Waals surface area contributed by atoms with E-state index >= 15 is 8.78 Å². The summed E-state index contributed by atoms with van der Waals surface area (Å²) in [5.74, 6) is -8.99. The van der Waals surface area contributed by atoms with E-state index in [0.717, 1.165) is 23.0 Å². The van der Waals surface area contributed by atoms with E-state index in [1.807, 2.05) is 0 Å². The fraction of sp³-hybridized carbons (Fsp3) is 0.250. The van der Waals surface area contributed by atoms with Crippen LogP contribution in [0.5, 0.6) is 0 Å². The van der Waals surface area contributed by atoms with E-state index in [4.69, 9.17) is 16.6 Å². The summed E-state index contributed by atoms with van der Waals surface area (Å²) >= 11 is 6.62. The molecule has 2 N–H and O–H groups in total. The molecule has 21 heteroatoms. The Balaban J connectivity index is 1.26. The van der Waals surface area contributed by atoms with E-state index in [1.54, 1.807) is 36.7 Å². The van der Waals surface area contributed by atoms with Crippen molar-refractivity contribution in [3.63, 3.8) is 0 Å². The predicted octanol–water partition coefficient (Wildman–Crippen LogP) is 7.08. The van der Waals surface area contributed by atoms with Gasteiger partial charge in [-0.25, -0.2) is 31.0 Å². The number of hydrogen-bond acceptors (Lipinski definition) is 8. The van der Waals surface area contributed by atoms with E-state index in [0.29, 0.717) is 21.9 Å². The van der Waals surface area contributed by atoms with Crippen LogP contribution in [0.15, 0.2) is 77.9 Å². The number of nitrogens with one attached hydrogen (secondary N) is 2. The Morgan fingerprint density at radius 3 is 2.48 bits per heavy atom. The number of rotatable bonds is 11. The van der Waals surface area contributed by atoms with Gasteiger partial charge in [0.05, 0.1) is 44.8 Å². The Hall–Kier alpha value is -6.28. The Kier molecular flexibility index (Phi) is 9.50. The van der Waals surface area contributed by atoms with Crippen LogP contribution in [0.4, 0.5) is 32.2 Å². The zero-order chi connectivity index (χ0) is 43.3. The molecule has 7 aromatic rings. The molecule has 9 rings (SSSR count). The van der Waals surface area contributed by atoms with Crippen LogP contribution in [-0.4, -0.2) is 54.7 Å². The minimum Gasteiger partial charge on any atom is -0.344 e. The Morgan fingerprint density at radius 2 is 1.79 bits per heavy atom. The van der Waals surface area contributed by atoms with Gasteiger partial charge in [-0.3, -0.25) is 33.2 Å². The van der Waals surface area contributed by atoms with Gasteiger partial charge in [-0.15, -0.1) is 0 Å². The highest BCUT2D eigenvalue weighted by Gasteiger charge is 2.67. The van der Waals surface area contributed by atoms with Crippen LogP contribution in [0.1, 0.15) is 53.1 Å². The molecular formula is C40H30ClF6N9O4S. The van der Waals surface area contributed by atoms with E-state index in [9.17, 15) is 35.6 Å². The van der Waals surface area contributed by atoms with Gasteiger partial charge in [0, 0.05) is 49.0 Å². The Bertz CT molecular complexity index is 3120. The highest BCUT2D eigenvalue weighted by molar-refractivity contribution is 7.92. The van der Waals surface area contributed by atoms with Gasteiger partial charge in [0.2, 0.25) is 15.9 Å². The normalized spacial score (nSPS) is 17.1. The fourth-order valence-electron chi connectivity index (χ4n) is 8.29. The molecule has 3 atom stereocenters. The molecule has 4 heterocycles. The lowest BCUT2D eigenvalue weighted by Gasteiger charge is -2.24. The van der Waals surface area contributed by atoms with Crippen LogP contribution in [0.3, 0.4) is 0 Å². The van der Waals surface area contributed by atoms with Gasteiger partial charge in [-0.2, -0.15) is 19.0 Å². The van der Waals surface area contributed by atoms with Crippen LogP contribution in [0.25, 0.3) is 38.6 Å². The fourth-order valence-corrected chi connectivity index (χ4v) is 9.03. The second-order valence-electron chi connectivity index (χ2n) is 15.0. The summed E-state index contributed by atoms with van der Waals surface area (Å²) in [6.45, 7) is -0.978. The van der Waals surface area contributed by atoms with Crippen molar-refractivity contribution in [2.45, 2.75) is 43.7 Å². The first-order valence-electron chi connectivity index (χ1n) is 18.5. The van der Waals surface area contributed by atoms with E-state index in [-0.39, 0.29) is 61.7 Å². The molecule has 2 aliphatic rings. The van der Waals surface area contributed by atoms with Gasteiger partial charge in [-0.1, -0.05) is 23.7 Å². The number of pyridine rings is 1. The third kappa shape index (κ3) is 7.05. The van der Waals surface area contributed by atoms with Crippen LogP contribution in [0.2, 0.25) is 5.02 Å². The average molecular weight is 882 g/mol. The van der Waals surface area contributed by atoms with Crippen molar-refractivity contribution in [2.24, 2.45) is 13.0 Å². The zero-order valence-electron chi connectivity index (χ0n) is 31.7. The molecule has 13 nitrogen and oxygen atoms in total. The molecule has 3 aromatic carbocycles. The average Bonchev–Trinajstić information content (AvgIpc) is 3.73. The second-order valence-corrected chi connectivity index (χ2v) is 17.2. The lowest BCUT2D eigenvalue weighted by molar-refractivity contribution is -0.123. The van der Waals surface area contributed by atoms with Crippen LogP contribution < -0.4 is 15.6 Å². The quantitative estimate of drug-likeness (QED) is 0.131. The summed E-state index contributed by atoms with van der Waals surface area (Å²) in [6, 6.07) is 12.1. The molecule has 1 saturated carbocycles. The van der Waals surface area contributed by atoms with Crippen molar-refractivity contribution >= 4 is 55.2 Å². The van der Waals surface area contributed by atoms with Gasteiger partial charge < -0.3 is 5.32 Å². The number of carbonyl (C=O) groups excluding carboxylic acids is 1. The van der Waals surface area contributed by atoms with Crippen molar-refractivity contribution in [3.05, 3.63) is 128 Å². The molecule has 0 unspecified atom stereocenters. The largest absolute Gasteiger partial charge is 0.344 e. The molecule has 1 fully saturated rings. The van der Waals surface area contributed by atoms with Crippen molar-refractivity contribution in [2.75, 3.05) is 11.0 Å². The van der Waals surface area contributed by atoms with Crippen LogP contribution >= 0.6 is 11.6 Å². The van der Waals surface area contributed by atoms with E-state index < -0.39 is 87.7 Å². The smallest absolute Gasteiger partial charge is 0.293 e. The number of alkyl halides is 4. The SMILES string of the molecule is Cn1nc(NS(C)(=O)=O)c2c(Cl)ccc(-n3c([C@H](Cc4cc(F)cc(F)c4)NC(=O)Cn4nc(C(F)F)c5c4C(F)(F)[C@@H]4C[C@H]54)nc4cc(-c5cccnc5)ccc4c3=O)c21. The number of amides is 1. The number of sulfonamides is 1. The molecule has 0 radical (unpaired) electrons. The lowest BCUT2D eigenvalue weighted by Crippen LogP contribution is -2.38. The molecule has 2 aliphatic carbocycles. The number of carbonyl (C=O) groups is 1. The molecule has 0 spiro atoms. The molecule has 0 bridgehead atoms. The van der Waals surface area contributed by atoms with Gasteiger partial charge in [0.1, 0.15) is 35.4 Å². The number of aromatic nitrogens is 7. The van der Waals surface area contributed by atoms with Crippen molar-refractivity contribution in [3.8, 4) is 16.8 Å².